The third-order valence-electron chi connectivity index (χ3n) is 5.46. The number of hydrogen-bond donors (Lipinski definition) is 0. The fraction of sp³-hybridized carbons (Fsp3) is 0.579. The van der Waals surface area contributed by atoms with Crippen LogP contribution in [0.2, 0.25) is 0 Å². The van der Waals surface area contributed by atoms with Crippen LogP contribution >= 0.6 is 0 Å². The molecule has 8 heteroatoms. The van der Waals surface area contributed by atoms with Gasteiger partial charge in [0.15, 0.2) is 12.0 Å². The molecule has 2 unspecified atom stereocenters. The molecule has 0 spiro atoms. The molecule has 1 aliphatic heterocycles. The maximum absolute atomic E-state index is 14.7. The molecule has 1 aromatic carbocycles. The summed E-state index contributed by atoms with van der Waals surface area (Å²) < 4.78 is 60.3. The number of ether oxygens (including phenoxy) is 1. The average Bonchev–Trinajstić information content (AvgIpc) is 2.89. The number of carbonyl (C=O) groups is 1. The van der Waals surface area contributed by atoms with E-state index in [0.29, 0.717) is 30.5 Å². The number of Topliss-reactive ketones (excluding diaryl/α,β-unsaturated/α-hetero) is 1. The predicted molar refractivity (Wildman–Crippen MR) is 90.0 cm³/mol. The van der Waals surface area contributed by atoms with E-state index in [-0.39, 0.29) is 23.6 Å². The number of fused-ring (bicyclic) bond motifs is 3. The SMILES string of the molecule is O=C1c2ccc3c(c(F)nn3C3CCCCO3)c2CCCC1CC(F)(F)F. The summed E-state index contributed by atoms with van der Waals surface area (Å²) in [6, 6.07) is 3.10. The maximum atomic E-state index is 14.7. The first-order valence-electron chi connectivity index (χ1n) is 9.27. The Hall–Kier alpha value is -1.96. The predicted octanol–water partition coefficient (Wildman–Crippen LogP) is 4.96. The zero-order valence-electron chi connectivity index (χ0n) is 14.7. The second-order valence-electron chi connectivity index (χ2n) is 7.32. The lowest BCUT2D eigenvalue weighted by Gasteiger charge is -2.23. The van der Waals surface area contributed by atoms with Gasteiger partial charge in [0, 0.05) is 18.1 Å². The van der Waals surface area contributed by atoms with Gasteiger partial charge in [-0.1, -0.05) is 0 Å². The molecule has 1 saturated heterocycles. The van der Waals surface area contributed by atoms with Crippen molar-refractivity contribution in [1.82, 2.24) is 9.78 Å². The summed E-state index contributed by atoms with van der Waals surface area (Å²) in [5.41, 5.74) is 1.19. The van der Waals surface area contributed by atoms with Crippen LogP contribution in [0.4, 0.5) is 17.6 Å². The summed E-state index contributed by atoms with van der Waals surface area (Å²) in [5, 5.41) is 4.23. The molecule has 2 aliphatic rings. The highest BCUT2D eigenvalue weighted by molar-refractivity contribution is 6.03. The van der Waals surface area contributed by atoms with E-state index >= 15 is 0 Å². The second-order valence-corrected chi connectivity index (χ2v) is 7.32. The Bertz CT molecular complexity index is 869. The van der Waals surface area contributed by atoms with E-state index < -0.39 is 30.2 Å². The van der Waals surface area contributed by atoms with Crippen LogP contribution in [-0.4, -0.2) is 28.3 Å². The molecule has 1 aliphatic carbocycles. The fourth-order valence-corrected chi connectivity index (χ4v) is 4.23. The number of benzene rings is 1. The normalized spacial score (nSPS) is 24.1. The molecule has 0 bridgehead atoms. The summed E-state index contributed by atoms with van der Waals surface area (Å²) >= 11 is 0. The van der Waals surface area contributed by atoms with Crippen molar-refractivity contribution in [3.63, 3.8) is 0 Å². The molecule has 2 heterocycles. The number of aryl methyl sites for hydroxylation is 1. The van der Waals surface area contributed by atoms with Gasteiger partial charge in [-0.3, -0.25) is 4.79 Å². The van der Waals surface area contributed by atoms with Crippen molar-refractivity contribution in [3.05, 3.63) is 29.2 Å². The Morgan fingerprint density at radius 1 is 1.19 bits per heavy atom. The van der Waals surface area contributed by atoms with Crippen molar-refractivity contribution in [2.75, 3.05) is 6.61 Å². The van der Waals surface area contributed by atoms with Crippen molar-refractivity contribution in [1.29, 1.82) is 0 Å². The summed E-state index contributed by atoms with van der Waals surface area (Å²) in [6.07, 6.45) is -2.35. The molecule has 2 aromatic rings. The minimum atomic E-state index is -4.40. The van der Waals surface area contributed by atoms with Gasteiger partial charge in [-0.25, -0.2) is 4.68 Å². The Balaban J connectivity index is 1.77. The summed E-state index contributed by atoms with van der Waals surface area (Å²) in [4.78, 5) is 12.7. The number of halogens is 4. The highest BCUT2D eigenvalue weighted by Crippen LogP contribution is 2.37. The summed E-state index contributed by atoms with van der Waals surface area (Å²) in [5.74, 6) is -2.36. The van der Waals surface area contributed by atoms with E-state index in [1.807, 2.05) is 0 Å². The van der Waals surface area contributed by atoms with Gasteiger partial charge < -0.3 is 4.74 Å². The first-order chi connectivity index (χ1) is 12.8. The van der Waals surface area contributed by atoms with Crippen molar-refractivity contribution < 1.29 is 27.1 Å². The third-order valence-corrected chi connectivity index (χ3v) is 5.46. The minimum absolute atomic E-state index is 0.149. The largest absolute Gasteiger partial charge is 0.389 e. The molecule has 0 N–H and O–H groups in total. The van der Waals surface area contributed by atoms with E-state index in [0.717, 1.165) is 19.3 Å². The van der Waals surface area contributed by atoms with Crippen LogP contribution in [0.25, 0.3) is 10.9 Å². The molecular weight excluding hydrogens is 364 g/mol. The average molecular weight is 384 g/mol. The Morgan fingerprint density at radius 2 is 2.00 bits per heavy atom. The molecule has 27 heavy (non-hydrogen) atoms. The van der Waals surface area contributed by atoms with Gasteiger partial charge in [-0.05, 0) is 56.2 Å². The van der Waals surface area contributed by atoms with Gasteiger partial charge >= 0.3 is 6.18 Å². The van der Waals surface area contributed by atoms with E-state index in [9.17, 15) is 22.4 Å². The molecule has 0 saturated carbocycles. The van der Waals surface area contributed by atoms with Crippen LogP contribution in [0.3, 0.4) is 0 Å². The summed E-state index contributed by atoms with van der Waals surface area (Å²) in [6.45, 7) is 0.580. The zero-order chi connectivity index (χ0) is 19.2. The number of ketones is 1. The van der Waals surface area contributed by atoms with Gasteiger partial charge in [-0.2, -0.15) is 17.6 Å². The lowest BCUT2D eigenvalue weighted by molar-refractivity contribution is -0.141. The van der Waals surface area contributed by atoms with Crippen molar-refractivity contribution in [2.45, 2.75) is 57.3 Å². The van der Waals surface area contributed by atoms with E-state index in [4.69, 9.17) is 4.74 Å². The molecule has 4 nitrogen and oxygen atoms in total. The lowest BCUT2D eigenvalue weighted by Crippen LogP contribution is -2.22. The van der Waals surface area contributed by atoms with E-state index in [2.05, 4.69) is 5.10 Å². The number of hydrogen-bond acceptors (Lipinski definition) is 3. The van der Waals surface area contributed by atoms with Gasteiger partial charge in [0.25, 0.3) is 0 Å². The zero-order valence-corrected chi connectivity index (χ0v) is 14.7. The van der Waals surface area contributed by atoms with Crippen molar-refractivity contribution in [2.24, 2.45) is 5.92 Å². The first-order valence-corrected chi connectivity index (χ1v) is 9.27. The number of alkyl halides is 3. The van der Waals surface area contributed by atoms with Crippen LogP contribution in [0, 0.1) is 11.9 Å². The topological polar surface area (TPSA) is 44.1 Å². The van der Waals surface area contributed by atoms with Crippen LogP contribution in [0.5, 0.6) is 0 Å². The monoisotopic (exact) mass is 384 g/mol. The van der Waals surface area contributed by atoms with Gasteiger partial charge in [-0.15, -0.1) is 5.10 Å². The second kappa shape index (κ2) is 6.89. The summed E-state index contributed by atoms with van der Waals surface area (Å²) in [7, 11) is 0. The number of aromatic nitrogens is 2. The van der Waals surface area contributed by atoms with Gasteiger partial charge in [0.1, 0.15) is 0 Å². The lowest BCUT2D eigenvalue weighted by atomic mass is 9.91. The van der Waals surface area contributed by atoms with E-state index in [1.54, 1.807) is 6.07 Å². The van der Waals surface area contributed by atoms with Crippen LogP contribution in [0.15, 0.2) is 12.1 Å². The molecule has 1 aromatic heterocycles. The Labute approximate surface area is 153 Å². The highest BCUT2D eigenvalue weighted by Gasteiger charge is 2.37. The van der Waals surface area contributed by atoms with Gasteiger partial charge in [0.2, 0.25) is 5.95 Å². The van der Waals surface area contributed by atoms with Crippen LogP contribution < -0.4 is 0 Å². The molecule has 146 valence electrons. The van der Waals surface area contributed by atoms with Crippen molar-refractivity contribution in [3.8, 4) is 0 Å². The first kappa shape index (κ1) is 18.4. The van der Waals surface area contributed by atoms with E-state index in [1.165, 1.54) is 10.7 Å². The molecule has 0 radical (unpaired) electrons. The maximum Gasteiger partial charge on any atom is 0.389 e. The Kier molecular flexibility index (Phi) is 4.70. The third kappa shape index (κ3) is 3.47. The Morgan fingerprint density at radius 3 is 2.70 bits per heavy atom. The quantitative estimate of drug-likeness (QED) is 0.543. The number of rotatable bonds is 2. The van der Waals surface area contributed by atoms with Crippen molar-refractivity contribution >= 4 is 16.7 Å². The highest BCUT2D eigenvalue weighted by atomic mass is 19.4. The standard InChI is InChI=1S/C19H20F4N2O2/c20-18-16-12-5-3-4-11(10-19(21,22)23)17(26)13(12)7-8-14(16)25(24-18)15-6-1-2-9-27-15/h7-8,11,15H,1-6,9-10H2. The number of nitrogens with zero attached hydrogens (tertiary/aromatic N) is 2. The molecule has 0 amide bonds. The molecule has 1 fully saturated rings. The minimum Gasteiger partial charge on any atom is -0.356 e. The molecular formula is C19H20F4N2O2. The van der Waals surface area contributed by atoms with Crippen LogP contribution in [-0.2, 0) is 11.2 Å². The smallest absolute Gasteiger partial charge is 0.356 e. The fourth-order valence-electron chi connectivity index (χ4n) is 4.23. The molecule has 4 rings (SSSR count). The van der Waals surface area contributed by atoms with Gasteiger partial charge in [0.05, 0.1) is 17.3 Å². The molecule has 2 atom stereocenters. The van der Waals surface area contributed by atoms with Crippen LogP contribution in [0.1, 0.15) is 60.7 Å². The number of carbonyl (C=O) groups excluding carboxylic acids is 1.